The van der Waals surface area contributed by atoms with Gasteiger partial charge >= 0.3 is 0 Å². The summed E-state index contributed by atoms with van der Waals surface area (Å²) < 4.78 is 0. The Bertz CT molecular complexity index is 959. The molecule has 0 fully saturated rings. The van der Waals surface area contributed by atoms with E-state index in [0.717, 1.165) is 38.3 Å². The molecule has 0 saturated heterocycles. The van der Waals surface area contributed by atoms with E-state index in [0.29, 0.717) is 0 Å². The van der Waals surface area contributed by atoms with E-state index in [1.54, 1.807) is 6.20 Å². The zero-order valence-corrected chi connectivity index (χ0v) is 12.4. The maximum absolute atomic E-state index is 6.08. The Hall–Kier alpha value is -2.65. The number of nitrogens with one attached hydrogen (secondary N) is 1. The highest BCUT2D eigenvalue weighted by atomic mass is 35.5. The van der Waals surface area contributed by atoms with Crippen LogP contribution in [0.1, 0.15) is 0 Å². The minimum atomic E-state index is 0.719. The number of H-pyrrole nitrogens is 1. The molecule has 0 aliphatic heterocycles. The van der Waals surface area contributed by atoms with Crippen LogP contribution in [0.3, 0.4) is 0 Å². The molecule has 0 atom stereocenters. The molecule has 0 aliphatic carbocycles. The summed E-state index contributed by atoms with van der Waals surface area (Å²) in [5, 5.41) is 0.719. The van der Waals surface area contributed by atoms with Crippen LogP contribution in [0.4, 0.5) is 0 Å². The van der Waals surface area contributed by atoms with Crippen LogP contribution < -0.4 is 0 Å². The van der Waals surface area contributed by atoms with Crippen LogP contribution in [0, 0.1) is 0 Å². The molecule has 3 aromatic heterocycles. The van der Waals surface area contributed by atoms with Crippen molar-refractivity contribution in [3.05, 3.63) is 72.3 Å². The van der Waals surface area contributed by atoms with Gasteiger partial charge in [0, 0.05) is 46.5 Å². The van der Waals surface area contributed by atoms with Crippen molar-refractivity contribution in [3.8, 4) is 22.3 Å². The van der Waals surface area contributed by atoms with Crippen LogP contribution in [0.5, 0.6) is 0 Å². The van der Waals surface area contributed by atoms with Gasteiger partial charge in [-0.1, -0.05) is 23.7 Å². The predicted octanol–water partition coefficient (Wildman–Crippen LogP) is 4.95. The van der Waals surface area contributed by atoms with Crippen LogP contribution in [0.15, 0.2) is 67.3 Å². The van der Waals surface area contributed by atoms with Gasteiger partial charge in [-0.15, -0.1) is 0 Å². The third-order valence-corrected chi connectivity index (χ3v) is 3.88. The van der Waals surface area contributed by atoms with Crippen molar-refractivity contribution in [2.75, 3.05) is 0 Å². The number of hydrogen-bond donors (Lipinski definition) is 1. The Balaban J connectivity index is 1.85. The molecule has 1 N–H and O–H groups in total. The quantitative estimate of drug-likeness (QED) is 0.569. The number of aromatic amines is 1. The molecule has 0 radical (unpaired) electrons. The second-order valence-electron chi connectivity index (χ2n) is 5.07. The van der Waals surface area contributed by atoms with E-state index in [1.165, 1.54) is 0 Å². The third-order valence-electron chi connectivity index (χ3n) is 3.64. The largest absolute Gasteiger partial charge is 0.359 e. The number of halogens is 1. The number of hydrogen-bond acceptors (Lipinski definition) is 2. The molecule has 4 rings (SSSR count). The van der Waals surface area contributed by atoms with Gasteiger partial charge in [0.2, 0.25) is 0 Å². The van der Waals surface area contributed by atoms with Crippen molar-refractivity contribution in [2.45, 2.75) is 0 Å². The lowest BCUT2D eigenvalue weighted by atomic mass is 10.0. The first-order chi connectivity index (χ1) is 10.8. The Morgan fingerprint density at radius 2 is 1.82 bits per heavy atom. The van der Waals surface area contributed by atoms with Crippen LogP contribution in [-0.4, -0.2) is 15.0 Å². The van der Waals surface area contributed by atoms with E-state index in [1.807, 2.05) is 55.0 Å². The minimum Gasteiger partial charge on any atom is -0.359 e. The summed E-state index contributed by atoms with van der Waals surface area (Å²) in [5.74, 6) is 0. The second-order valence-corrected chi connectivity index (χ2v) is 5.51. The molecule has 4 heteroatoms. The van der Waals surface area contributed by atoms with Crippen molar-refractivity contribution >= 4 is 22.6 Å². The molecule has 0 unspecified atom stereocenters. The van der Waals surface area contributed by atoms with Gasteiger partial charge in [-0.25, -0.2) is 0 Å². The molecule has 0 aliphatic rings. The summed E-state index contributed by atoms with van der Waals surface area (Å²) in [4.78, 5) is 12.1. The van der Waals surface area contributed by atoms with Crippen LogP contribution in [0.2, 0.25) is 5.02 Å². The van der Waals surface area contributed by atoms with Gasteiger partial charge in [0.1, 0.15) is 0 Å². The van der Waals surface area contributed by atoms with Crippen LogP contribution >= 0.6 is 11.6 Å². The second kappa shape index (κ2) is 5.28. The topological polar surface area (TPSA) is 41.6 Å². The maximum Gasteiger partial charge on any atom is 0.0957 e. The zero-order valence-electron chi connectivity index (χ0n) is 11.6. The highest BCUT2D eigenvalue weighted by Crippen LogP contribution is 2.30. The Kier molecular flexibility index (Phi) is 3.13. The fourth-order valence-electron chi connectivity index (χ4n) is 2.59. The van der Waals surface area contributed by atoms with Gasteiger partial charge < -0.3 is 4.98 Å². The van der Waals surface area contributed by atoms with Gasteiger partial charge in [-0.3, -0.25) is 9.97 Å². The highest BCUT2D eigenvalue weighted by Gasteiger charge is 2.08. The summed E-state index contributed by atoms with van der Waals surface area (Å²) in [6, 6.07) is 13.8. The van der Waals surface area contributed by atoms with Gasteiger partial charge in [-0.05, 0) is 35.9 Å². The lowest BCUT2D eigenvalue weighted by molar-refractivity contribution is 1.33. The SMILES string of the molecule is Clc1cccc(-c2cncc(-c3c[nH]c4cccnc34)c2)c1. The lowest BCUT2D eigenvalue weighted by Crippen LogP contribution is -1.84. The molecule has 0 saturated carbocycles. The lowest BCUT2D eigenvalue weighted by Gasteiger charge is -2.05. The van der Waals surface area contributed by atoms with E-state index >= 15 is 0 Å². The first-order valence-corrected chi connectivity index (χ1v) is 7.32. The molecule has 0 spiro atoms. The van der Waals surface area contributed by atoms with Crippen molar-refractivity contribution in [1.82, 2.24) is 15.0 Å². The van der Waals surface area contributed by atoms with Gasteiger partial charge in [0.05, 0.1) is 11.0 Å². The Morgan fingerprint density at radius 1 is 0.909 bits per heavy atom. The van der Waals surface area contributed by atoms with E-state index in [9.17, 15) is 0 Å². The number of aromatic nitrogens is 3. The number of nitrogens with zero attached hydrogens (tertiary/aromatic N) is 2. The summed E-state index contributed by atoms with van der Waals surface area (Å²) in [5.41, 5.74) is 6.13. The van der Waals surface area contributed by atoms with Gasteiger partial charge in [-0.2, -0.15) is 0 Å². The normalized spacial score (nSPS) is 11.0. The Morgan fingerprint density at radius 3 is 2.73 bits per heavy atom. The monoisotopic (exact) mass is 305 g/mol. The standard InChI is InChI=1S/C18H12ClN3/c19-15-4-1-3-12(8-15)13-7-14(10-20-9-13)16-11-22-17-5-2-6-21-18(16)17/h1-11,22H. The molecule has 22 heavy (non-hydrogen) atoms. The molecule has 1 aromatic carbocycles. The number of fused-ring (bicyclic) bond motifs is 1. The average Bonchev–Trinajstić information content (AvgIpc) is 2.99. The zero-order chi connectivity index (χ0) is 14.9. The maximum atomic E-state index is 6.08. The molecule has 0 amide bonds. The number of pyridine rings is 2. The molecule has 3 heterocycles. The first kappa shape index (κ1) is 13.0. The third kappa shape index (κ3) is 2.26. The minimum absolute atomic E-state index is 0.719. The van der Waals surface area contributed by atoms with Crippen molar-refractivity contribution in [1.29, 1.82) is 0 Å². The first-order valence-electron chi connectivity index (χ1n) is 6.95. The number of rotatable bonds is 2. The van der Waals surface area contributed by atoms with E-state index in [2.05, 4.69) is 21.0 Å². The fourth-order valence-corrected chi connectivity index (χ4v) is 2.78. The van der Waals surface area contributed by atoms with Crippen LogP contribution in [-0.2, 0) is 0 Å². The molecule has 3 nitrogen and oxygen atoms in total. The average molecular weight is 306 g/mol. The molecular weight excluding hydrogens is 294 g/mol. The van der Waals surface area contributed by atoms with Gasteiger partial charge in [0.25, 0.3) is 0 Å². The van der Waals surface area contributed by atoms with E-state index in [-0.39, 0.29) is 0 Å². The number of benzene rings is 1. The fraction of sp³-hybridized carbons (Fsp3) is 0. The summed E-state index contributed by atoms with van der Waals surface area (Å²) >= 11 is 6.08. The van der Waals surface area contributed by atoms with Crippen molar-refractivity contribution in [2.24, 2.45) is 0 Å². The van der Waals surface area contributed by atoms with Crippen LogP contribution in [0.25, 0.3) is 33.3 Å². The summed E-state index contributed by atoms with van der Waals surface area (Å²) in [6.45, 7) is 0. The Labute approximate surface area is 132 Å². The summed E-state index contributed by atoms with van der Waals surface area (Å²) in [6.07, 6.45) is 7.47. The molecule has 4 aromatic rings. The molecule has 106 valence electrons. The van der Waals surface area contributed by atoms with Crippen molar-refractivity contribution < 1.29 is 0 Å². The summed E-state index contributed by atoms with van der Waals surface area (Å²) in [7, 11) is 0. The predicted molar refractivity (Wildman–Crippen MR) is 89.8 cm³/mol. The molecule has 0 bridgehead atoms. The van der Waals surface area contributed by atoms with Crippen molar-refractivity contribution in [3.63, 3.8) is 0 Å². The molecular formula is C18H12ClN3. The highest BCUT2D eigenvalue weighted by molar-refractivity contribution is 6.30. The smallest absolute Gasteiger partial charge is 0.0957 e. The van der Waals surface area contributed by atoms with E-state index in [4.69, 9.17) is 11.6 Å². The van der Waals surface area contributed by atoms with E-state index < -0.39 is 0 Å². The van der Waals surface area contributed by atoms with Gasteiger partial charge in [0.15, 0.2) is 0 Å².